The van der Waals surface area contributed by atoms with E-state index in [9.17, 15) is 22.4 Å². The van der Waals surface area contributed by atoms with Crippen LogP contribution in [0.3, 0.4) is 0 Å². The quantitative estimate of drug-likeness (QED) is 0.0785. The molecule has 0 spiro atoms. The van der Waals surface area contributed by atoms with Crippen LogP contribution in [0.4, 0.5) is 18.9 Å². The van der Waals surface area contributed by atoms with Crippen molar-refractivity contribution in [1.82, 2.24) is 19.0 Å². The predicted molar refractivity (Wildman–Crippen MR) is 212 cm³/mol. The van der Waals surface area contributed by atoms with Gasteiger partial charge in [-0.2, -0.15) is 13.1 Å². The Labute approximate surface area is 336 Å². The summed E-state index contributed by atoms with van der Waals surface area (Å²) in [6, 6.07) is 14.9. The zero-order chi connectivity index (χ0) is 40.9. The number of sulfonamides is 1. The number of pyridine rings is 1. The maximum atomic E-state index is 15.4. The molecule has 0 saturated heterocycles. The Bertz CT molecular complexity index is 2520. The second-order valence-electron chi connectivity index (χ2n) is 12.3. The van der Waals surface area contributed by atoms with Crippen LogP contribution >= 0.6 is 11.7 Å². The van der Waals surface area contributed by atoms with Gasteiger partial charge in [0.2, 0.25) is 5.95 Å². The molecule has 2 N–H and O–H groups in total. The SMILES string of the molecule is C.CCOCc1cc(OC)c(-c2ccc(C[C@H](NC(=O)c3c(F)cc(NS(=O)(=O)c4ccc(-c5ccnc(F)c5)cc4)cc3F)C(=O)OC)c3nsnc23)c(OC)c1. The first-order chi connectivity index (χ1) is 27.4. The summed E-state index contributed by atoms with van der Waals surface area (Å²) < 4.78 is 103. The minimum atomic E-state index is -4.36. The summed E-state index contributed by atoms with van der Waals surface area (Å²) in [4.78, 5) is 29.5. The zero-order valence-corrected chi connectivity index (χ0v) is 32.4. The number of anilines is 1. The first-order valence-corrected chi connectivity index (χ1v) is 19.3. The lowest BCUT2D eigenvalue weighted by Gasteiger charge is -2.19. The number of ether oxygens (including phenoxy) is 4. The molecule has 0 aliphatic rings. The molecular weight excluding hydrogens is 800 g/mol. The number of esters is 1. The Balaban J connectivity index is 0.00000641. The highest BCUT2D eigenvalue weighted by Gasteiger charge is 2.29. The first kappa shape index (κ1) is 43.0. The number of halogens is 3. The highest BCUT2D eigenvalue weighted by molar-refractivity contribution is 7.92. The van der Waals surface area contributed by atoms with Crippen molar-refractivity contribution >= 4 is 50.3 Å². The summed E-state index contributed by atoms with van der Waals surface area (Å²) in [5.74, 6) is -4.77. The maximum Gasteiger partial charge on any atom is 0.328 e. The minimum absolute atomic E-state index is 0. The molecule has 2 aromatic heterocycles. The number of nitrogens with one attached hydrogen (secondary N) is 2. The molecule has 1 amide bonds. The van der Waals surface area contributed by atoms with Gasteiger partial charge in [-0.1, -0.05) is 31.7 Å². The number of rotatable bonds is 15. The highest BCUT2D eigenvalue weighted by atomic mass is 32.2. The van der Waals surface area contributed by atoms with Crippen LogP contribution in [0.1, 0.15) is 35.8 Å². The fourth-order valence-electron chi connectivity index (χ4n) is 6.08. The van der Waals surface area contributed by atoms with E-state index in [-0.39, 0.29) is 18.7 Å². The molecule has 0 aliphatic carbocycles. The van der Waals surface area contributed by atoms with Crippen molar-refractivity contribution in [2.75, 3.05) is 32.7 Å². The van der Waals surface area contributed by atoms with Gasteiger partial charge in [-0.3, -0.25) is 9.52 Å². The van der Waals surface area contributed by atoms with Crippen molar-refractivity contribution in [2.45, 2.75) is 38.3 Å². The van der Waals surface area contributed by atoms with Crippen molar-refractivity contribution in [1.29, 1.82) is 0 Å². The summed E-state index contributed by atoms with van der Waals surface area (Å²) in [6.45, 7) is 2.74. The van der Waals surface area contributed by atoms with E-state index in [0.29, 0.717) is 75.7 Å². The Morgan fingerprint density at radius 1 is 0.845 bits per heavy atom. The number of methoxy groups -OCH3 is 3. The van der Waals surface area contributed by atoms with Crippen LogP contribution in [0.5, 0.6) is 11.5 Å². The van der Waals surface area contributed by atoms with Crippen molar-refractivity contribution in [3.8, 4) is 33.8 Å². The highest BCUT2D eigenvalue weighted by Crippen LogP contribution is 2.43. The van der Waals surface area contributed by atoms with Gasteiger partial charge in [0.15, 0.2) is 0 Å². The van der Waals surface area contributed by atoms with Gasteiger partial charge in [0, 0.05) is 30.9 Å². The lowest BCUT2D eigenvalue weighted by molar-refractivity contribution is -0.142. The van der Waals surface area contributed by atoms with Gasteiger partial charge in [0.05, 0.1) is 55.8 Å². The molecule has 0 unspecified atom stereocenters. The summed E-state index contributed by atoms with van der Waals surface area (Å²) in [6.07, 6.45) is 1.05. The van der Waals surface area contributed by atoms with E-state index >= 15 is 8.78 Å². The van der Waals surface area contributed by atoms with Gasteiger partial charge >= 0.3 is 5.97 Å². The van der Waals surface area contributed by atoms with E-state index < -0.39 is 56.8 Å². The molecule has 6 aromatic rings. The van der Waals surface area contributed by atoms with Gasteiger partial charge in [0.25, 0.3) is 15.9 Å². The predicted octanol–water partition coefficient (Wildman–Crippen LogP) is 7.34. The molecule has 0 bridgehead atoms. The average molecular weight is 838 g/mol. The van der Waals surface area contributed by atoms with Crippen molar-refractivity contribution in [3.63, 3.8) is 0 Å². The van der Waals surface area contributed by atoms with E-state index in [1.54, 1.807) is 12.1 Å². The Morgan fingerprint density at radius 2 is 1.50 bits per heavy atom. The summed E-state index contributed by atoms with van der Waals surface area (Å²) in [5, 5.41) is 2.34. The smallest absolute Gasteiger partial charge is 0.328 e. The lowest BCUT2D eigenvalue weighted by Crippen LogP contribution is -2.43. The summed E-state index contributed by atoms with van der Waals surface area (Å²) >= 11 is 0.909. The van der Waals surface area contributed by atoms with Gasteiger partial charge in [0.1, 0.15) is 45.8 Å². The molecule has 2 heterocycles. The molecule has 58 heavy (non-hydrogen) atoms. The molecule has 0 aliphatic heterocycles. The molecule has 304 valence electrons. The van der Waals surface area contributed by atoms with Crippen LogP contribution in [-0.4, -0.2) is 68.0 Å². The third-order valence-corrected chi connectivity index (χ3v) is 10.7. The van der Waals surface area contributed by atoms with Crippen LogP contribution in [0, 0.1) is 17.6 Å². The van der Waals surface area contributed by atoms with Crippen LogP contribution in [-0.2, 0) is 37.3 Å². The van der Waals surface area contributed by atoms with E-state index in [2.05, 4.69) is 23.8 Å². The van der Waals surface area contributed by atoms with Crippen LogP contribution in [0.25, 0.3) is 33.3 Å². The fourth-order valence-corrected chi connectivity index (χ4v) is 7.71. The summed E-state index contributed by atoms with van der Waals surface area (Å²) in [5.41, 5.74) is 2.68. The number of benzene rings is 4. The largest absolute Gasteiger partial charge is 0.496 e. The van der Waals surface area contributed by atoms with Crippen molar-refractivity contribution in [2.24, 2.45) is 0 Å². The van der Waals surface area contributed by atoms with Crippen LogP contribution in [0.15, 0.2) is 83.9 Å². The van der Waals surface area contributed by atoms with Gasteiger partial charge in [-0.15, -0.1) is 0 Å². The number of carbonyl (C=O) groups is 2. The van der Waals surface area contributed by atoms with Gasteiger partial charge in [-0.05, 0) is 71.6 Å². The van der Waals surface area contributed by atoms with Crippen molar-refractivity contribution in [3.05, 3.63) is 113 Å². The molecule has 18 heteroatoms. The minimum Gasteiger partial charge on any atom is -0.496 e. The molecule has 0 radical (unpaired) electrons. The number of carbonyl (C=O) groups excluding carboxylic acids is 2. The Kier molecular flexibility index (Phi) is 13.7. The Morgan fingerprint density at radius 3 is 2.10 bits per heavy atom. The number of aromatic nitrogens is 3. The molecule has 13 nitrogen and oxygen atoms in total. The average Bonchev–Trinajstić information content (AvgIpc) is 3.70. The standard InChI is InChI=1S/C39H34F3N5O8S2.CH4/c1-5-55-20-21-14-31(52-2)34(32(15-21)53-3)27-11-8-24(36-37(27)46-56-45-36)16-30(39(49)54-4)44-38(48)35-28(40)18-25(19-29(35)41)47-57(50,51)26-9-6-22(7-10-26)23-12-13-43-33(42)17-23;/h6-15,17-19,30,47H,5,16,20H2,1-4H3,(H,44,48);1H4/t30-;/m0./s1. The lowest BCUT2D eigenvalue weighted by atomic mass is 9.96. The zero-order valence-electron chi connectivity index (χ0n) is 30.8. The molecule has 0 saturated carbocycles. The molecule has 1 atom stereocenters. The number of fused-ring (bicyclic) bond motifs is 1. The molecular formula is C40H38F3N5O8S2. The molecule has 6 rings (SSSR count). The summed E-state index contributed by atoms with van der Waals surface area (Å²) in [7, 11) is -0.236. The molecule has 0 fully saturated rings. The Hall–Kier alpha value is -6.11. The number of hydrogen-bond acceptors (Lipinski definition) is 12. The van der Waals surface area contributed by atoms with E-state index in [0.717, 1.165) is 24.4 Å². The monoisotopic (exact) mass is 837 g/mol. The first-order valence-electron chi connectivity index (χ1n) is 17.1. The van der Waals surface area contributed by atoms with E-state index in [4.69, 9.17) is 18.9 Å². The number of amides is 1. The van der Waals surface area contributed by atoms with Crippen LogP contribution < -0.4 is 19.5 Å². The van der Waals surface area contributed by atoms with E-state index in [1.807, 2.05) is 19.1 Å². The maximum absolute atomic E-state index is 15.4. The van der Waals surface area contributed by atoms with Gasteiger partial charge < -0.3 is 24.3 Å². The third-order valence-electron chi connectivity index (χ3n) is 8.77. The normalized spacial score (nSPS) is 11.7. The second kappa shape index (κ2) is 18.4. The third kappa shape index (κ3) is 9.19. The van der Waals surface area contributed by atoms with Crippen molar-refractivity contribution < 1.29 is 50.1 Å². The second-order valence-corrected chi connectivity index (χ2v) is 14.5. The van der Waals surface area contributed by atoms with Gasteiger partial charge in [-0.25, -0.2) is 27.0 Å². The topological polar surface area (TPSA) is 168 Å². The fraction of sp³-hybridized carbons (Fsp3) is 0.225. The van der Waals surface area contributed by atoms with E-state index in [1.165, 1.54) is 56.8 Å². The van der Waals surface area contributed by atoms with Crippen LogP contribution in [0.2, 0.25) is 0 Å². The molecule has 4 aromatic carbocycles. The number of hydrogen-bond donors (Lipinski definition) is 2. The number of nitrogens with zero attached hydrogens (tertiary/aromatic N) is 3.